The topological polar surface area (TPSA) is 298 Å². The summed E-state index contributed by atoms with van der Waals surface area (Å²) < 4.78 is 32.2. The van der Waals surface area contributed by atoms with Gasteiger partial charge in [-0.2, -0.15) is 0 Å². The quantitative estimate of drug-likeness (QED) is 0.108. The van der Waals surface area contributed by atoms with Gasteiger partial charge in [0.05, 0.1) is 33.0 Å². The van der Waals surface area contributed by atoms with Gasteiger partial charge in [0.1, 0.15) is 79.4 Å². The summed E-state index contributed by atoms with van der Waals surface area (Å²) in [5.74, 6) is 0. The second-order valence-electron chi connectivity index (χ2n) is 9.48. The highest BCUT2D eigenvalue weighted by Gasteiger charge is 2.53. The van der Waals surface area contributed by atoms with Gasteiger partial charge in [0, 0.05) is 0 Å². The molecule has 3 aliphatic rings. The first-order valence-corrected chi connectivity index (χ1v) is 12.3. The molecule has 0 bridgehead atoms. The minimum absolute atomic E-state index is 0.504. The van der Waals surface area contributed by atoms with Crippen molar-refractivity contribution in [2.24, 2.45) is 0 Å². The van der Waals surface area contributed by atoms with E-state index in [1.54, 1.807) is 0 Å². The SMILES string of the molecule is OCC(O)CO[C@@H]1O[C@H](CO)[C@@H](O)[C@H](O[C@@H]2O[C@H](CO)[C@@H](O)[C@H](O[C@@H]3O[C@H](CO)[C@@H](O)[C@H](O)[C@H]3O)[C@H]2O)[C@H]1O. The molecule has 0 aliphatic carbocycles. The largest absolute Gasteiger partial charge is 0.394 e. The molecule has 3 heterocycles. The predicted molar refractivity (Wildman–Crippen MR) is 118 cm³/mol. The van der Waals surface area contributed by atoms with Crippen LogP contribution in [0.15, 0.2) is 0 Å². The van der Waals surface area contributed by atoms with E-state index in [1.807, 2.05) is 0 Å². The number of aliphatic hydroxyl groups is 12. The Hall–Kier alpha value is -0.720. The lowest BCUT2D eigenvalue weighted by Crippen LogP contribution is -2.67. The molecule has 0 aromatic rings. The number of rotatable bonds is 11. The molecule has 12 N–H and O–H groups in total. The number of ether oxygens (including phenoxy) is 6. The molecule has 3 saturated heterocycles. The Morgan fingerprint density at radius 3 is 1.38 bits per heavy atom. The highest BCUT2D eigenvalue weighted by Crippen LogP contribution is 2.32. The summed E-state index contributed by atoms with van der Waals surface area (Å²) in [5, 5.41) is 120. The molecule has 0 radical (unpaired) electrons. The van der Waals surface area contributed by atoms with E-state index in [0.717, 1.165) is 0 Å². The van der Waals surface area contributed by atoms with E-state index in [4.69, 9.17) is 33.5 Å². The Morgan fingerprint density at radius 2 is 0.923 bits per heavy atom. The Bertz CT molecular complexity index is 731. The molecule has 16 atom stereocenters. The number of aliphatic hydroxyl groups excluding tert-OH is 12. The van der Waals surface area contributed by atoms with E-state index >= 15 is 0 Å². The van der Waals surface area contributed by atoms with Crippen LogP contribution >= 0.6 is 0 Å². The molecule has 230 valence electrons. The third kappa shape index (κ3) is 7.20. The molecule has 0 aromatic heterocycles. The first-order chi connectivity index (χ1) is 18.5. The maximum atomic E-state index is 10.9. The van der Waals surface area contributed by atoms with Crippen molar-refractivity contribution in [2.75, 3.05) is 33.0 Å². The minimum atomic E-state index is -1.96. The van der Waals surface area contributed by atoms with Crippen LogP contribution in [0.25, 0.3) is 0 Å². The van der Waals surface area contributed by atoms with Crippen LogP contribution in [-0.2, 0) is 28.4 Å². The van der Waals surface area contributed by atoms with Gasteiger partial charge in [0.2, 0.25) is 0 Å². The van der Waals surface area contributed by atoms with E-state index in [2.05, 4.69) is 0 Å². The molecule has 0 amide bonds. The van der Waals surface area contributed by atoms with Crippen LogP contribution in [0.4, 0.5) is 0 Å². The van der Waals surface area contributed by atoms with Crippen LogP contribution in [-0.4, -0.2) is 193 Å². The van der Waals surface area contributed by atoms with Gasteiger partial charge in [-0.1, -0.05) is 0 Å². The van der Waals surface area contributed by atoms with E-state index < -0.39 is 131 Å². The van der Waals surface area contributed by atoms with Gasteiger partial charge in [-0.3, -0.25) is 0 Å². The monoisotopic (exact) mass is 578 g/mol. The third-order valence-corrected chi connectivity index (χ3v) is 6.74. The molecular formula is C21H38O18. The van der Waals surface area contributed by atoms with Gasteiger partial charge in [-0.25, -0.2) is 0 Å². The maximum Gasteiger partial charge on any atom is 0.187 e. The van der Waals surface area contributed by atoms with Crippen LogP contribution < -0.4 is 0 Å². The van der Waals surface area contributed by atoms with Gasteiger partial charge in [0.15, 0.2) is 18.9 Å². The molecule has 0 aromatic carbocycles. The van der Waals surface area contributed by atoms with Crippen molar-refractivity contribution >= 4 is 0 Å². The maximum absolute atomic E-state index is 10.9. The zero-order valence-electron chi connectivity index (χ0n) is 20.6. The minimum Gasteiger partial charge on any atom is -0.394 e. The average Bonchev–Trinajstić information content (AvgIpc) is 2.93. The lowest BCUT2D eigenvalue weighted by atomic mass is 9.96. The highest BCUT2D eigenvalue weighted by atomic mass is 16.8. The van der Waals surface area contributed by atoms with Gasteiger partial charge in [0.25, 0.3) is 0 Å². The summed E-state index contributed by atoms with van der Waals surface area (Å²) in [6, 6.07) is 0. The summed E-state index contributed by atoms with van der Waals surface area (Å²) in [4.78, 5) is 0. The van der Waals surface area contributed by atoms with Gasteiger partial charge < -0.3 is 89.7 Å². The van der Waals surface area contributed by atoms with E-state index in [1.165, 1.54) is 0 Å². The first kappa shape index (κ1) is 32.8. The highest BCUT2D eigenvalue weighted by molar-refractivity contribution is 4.96. The second-order valence-corrected chi connectivity index (χ2v) is 9.48. The van der Waals surface area contributed by atoms with Crippen LogP contribution in [0.5, 0.6) is 0 Å². The van der Waals surface area contributed by atoms with E-state index in [9.17, 15) is 56.2 Å². The van der Waals surface area contributed by atoms with Gasteiger partial charge in [-0.15, -0.1) is 0 Å². The smallest absolute Gasteiger partial charge is 0.187 e. The average molecular weight is 579 g/mol. The summed E-state index contributed by atoms with van der Waals surface area (Å²) in [6.45, 7) is -3.57. The summed E-state index contributed by atoms with van der Waals surface area (Å²) in [5.41, 5.74) is 0. The molecule has 3 rings (SSSR count). The molecule has 39 heavy (non-hydrogen) atoms. The normalized spacial score (nSPS) is 48.2. The summed E-state index contributed by atoms with van der Waals surface area (Å²) in [6.07, 6.45) is -26.9. The fourth-order valence-electron chi connectivity index (χ4n) is 4.43. The van der Waals surface area contributed by atoms with E-state index in [0.29, 0.717) is 0 Å². The number of hydrogen-bond donors (Lipinski definition) is 12. The van der Waals surface area contributed by atoms with Gasteiger partial charge in [-0.05, 0) is 0 Å². The Labute approximate surface area is 221 Å². The molecular weight excluding hydrogens is 540 g/mol. The molecule has 0 spiro atoms. The fraction of sp³-hybridized carbons (Fsp3) is 1.00. The molecule has 18 nitrogen and oxygen atoms in total. The van der Waals surface area contributed by atoms with Crippen LogP contribution in [0, 0.1) is 0 Å². The molecule has 18 heteroatoms. The third-order valence-electron chi connectivity index (χ3n) is 6.74. The molecule has 3 fully saturated rings. The van der Waals surface area contributed by atoms with E-state index in [-0.39, 0.29) is 0 Å². The van der Waals surface area contributed by atoms with Gasteiger partial charge >= 0.3 is 0 Å². The predicted octanol–water partition coefficient (Wildman–Crippen LogP) is -8.20. The standard InChI is InChI=1S/C21H38O18/c22-1-6(26)5-34-19-15(32)17(11(28)8(3-24)35-19)39-21-16(33)18(12(29)9(4-25)37-21)38-20-14(31)13(30)10(27)7(2-23)36-20/h6-33H,1-5H2/t6?,7-,8-,9-,10-,11-,12-,13+,14-,15-,16-,17+,18+,19-,20+,21+/m1/s1. The van der Waals surface area contributed by atoms with Crippen LogP contribution in [0.1, 0.15) is 0 Å². The van der Waals surface area contributed by atoms with Crippen LogP contribution in [0.2, 0.25) is 0 Å². The van der Waals surface area contributed by atoms with Crippen LogP contribution in [0.3, 0.4) is 0 Å². The van der Waals surface area contributed by atoms with Crippen molar-refractivity contribution in [2.45, 2.75) is 98.2 Å². The van der Waals surface area contributed by atoms with Crippen molar-refractivity contribution < 1.29 is 89.7 Å². The Morgan fingerprint density at radius 1 is 0.513 bits per heavy atom. The van der Waals surface area contributed by atoms with Crippen molar-refractivity contribution in [3.05, 3.63) is 0 Å². The lowest BCUT2D eigenvalue weighted by Gasteiger charge is -2.48. The second kappa shape index (κ2) is 14.4. The molecule has 0 saturated carbocycles. The molecule has 1 unspecified atom stereocenters. The van der Waals surface area contributed by atoms with Crippen molar-refractivity contribution in [3.8, 4) is 0 Å². The lowest BCUT2D eigenvalue weighted by molar-refractivity contribution is -0.381. The summed E-state index contributed by atoms with van der Waals surface area (Å²) in [7, 11) is 0. The number of hydrogen-bond acceptors (Lipinski definition) is 18. The van der Waals surface area contributed by atoms with Crippen molar-refractivity contribution in [1.29, 1.82) is 0 Å². The fourth-order valence-corrected chi connectivity index (χ4v) is 4.43. The Balaban J connectivity index is 1.78. The first-order valence-electron chi connectivity index (χ1n) is 12.3. The molecule has 3 aliphatic heterocycles. The zero-order chi connectivity index (χ0) is 29.0. The zero-order valence-corrected chi connectivity index (χ0v) is 20.6. The van der Waals surface area contributed by atoms with Crippen molar-refractivity contribution in [1.82, 2.24) is 0 Å². The summed E-state index contributed by atoms with van der Waals surface area (Å²) >= 11 is 0. The van der Waals surface area contributed by atoms with Crippen molar-refractivity contribution in [3.63, 3.8) is 0 Å². The Kier molecular flexibility index (Phi) is 12.1.